The number of carbonyl (C=O) groups is 2. The van der Waals surface area contributed by atoms with Crippen LogP contribution in [0.5, 0.6) is 0 Å². The minimum absolute atomic E-state index is 0.0417. The highest BCUT2D eigenvalue weighted by molar-refractivity contribution is 6.04. The summed E-state index contributed by atoms with van der Waals surface area (Å²) in [6, 6.07) is 19.1. The molecule has 7 nitrogen and oxygen atoms in total. The number of amides is 2. The van der Waals surface area contributed by atoms with E-state index in [1.54, 1.807) is 42.3 Å². The second kappa shape index (κ2) is 10.6. The van der Waals surface area contributed by atoms with Gasteiger partial charge in [-0.05, 0) is 69.7 Å². The maximum absolute atomic E-state index is 13.6. The zero-order chi connectivity index (χ0) is 27.7. The molecule has 38 heavy (non-hydrogen) atoms. The van der Waals surface area contributed by atoms with E-state index in [1.165, 1.54) is 12.1 Å². The van der Waals surface area contributed by atoms with Crippen LogP contribution in [0, 0.1) is 5.82 Å². The third kappa shape index (κ3) is 5.33. The molecule has 1 aliphatic rings. The summed E-state index contributed by atoms with van der Waals surface area (Å²) in [5.41, 5.74) is 2.87. The molecule has 1 unspecified atom stereocenters. The fraction of sp³-hybridized carbons (Fsp3) is 0.367. The lowest BCUT2D eigenvalue weighted by molar-refractivity contribution is -0.929. The molecule has 4 rings (SSSR count). The average molecular weight is 520 g/mol. The number of quaternary nitrogens is 1. The van der Waals surface area contributed by atoms with Gasteiger partial charge in [-0.25, -0.2) is 13.9 Å². The van der Waals surface area contributed by atoms with E-state index in [-0.39, 0.29) is 33.5 Å². The molecular formula is C30H36FN4O3+. The number of aromatic nitrogens is 1. The van der Waals surface area contributed by atoms with Gasteiger partial charge in [0, 0.05) is 31.4 Å². The van der Waals surface area contributed by atoms with Crippen LogP contribution < -0.4 is 4.90 Å². The number of hydrogen-bond acceptors (Lipinski definition) is 4. The Balaban J connectivity index is 1.43. The Morgan fingerprint density at radius 3 is 2.39 bits per heavy atom. The van der Waals surface area contributed by atoms with Gasteiger partial charge in [0.15, 0.2) is 0 Å². The number of carbonyl (C=O) groups excluding carboxylic acids is 1. The molecule has 2 amide bonds. The number of carboxylic acid groups (broad SMARTS) is 1. The van der Waals surface area contributed by atoms with E-state index in [9.17, 15) is 19.1 Å². The Morgan fingerprint density at radius 2 is 1.79 bits per heavy atom. The van der Waals surface area contributed by atoms with E-state index >= 15 is 0 Å². The number of rotatable bonds is 5. The molecule has 2 aromatic carbocycles. The number of nitrogens with zero attached hydrogens (tertiary/aromatic N) is 4. The van der Waals surface area contributed by atoms with Gasteiger partial charge in [-0.2, -0.15) is 4.79 Å². The van der Waals surface area contributed by atoms with E-state index in [2.05, 4.69) is 9.88 Å². The molecule has 0 bridgehead atoms. The molecule has 2 heterocycles. The molecule has 0 saturated carbocycles. The van der Waals surface area contributed by atoms with Crippen LogP contribution in [-0.4, -0.2) is 69.7 Å². The third-order valence-electron chi connectivity index (χ3n) is 7.71. The predicted octanol–water partition coefficient (Wildman–Crippen LogP) is 5.66. The summed E-state index contributed by atoms with van der Waals surface area (Å²) in [7, 11) is 1.70. The van der Waals surface area contributed by atoms with Crippen molar-refractivity contribution in [2.75, 3.05) is 31.6 Å². The van der Waals surface area contributed by atoms with Crippen molar-refractivity contribution in [2.24, 2.45) is 0 Å². The van der Waals surface area contributed by atoms with Crippen molar-refractivity contribution < 1.29 is 23.6 Å². The van der Waals surface area contributed by atoms with Crippen molar-refractivity contribution in [3.05, 3.63) is 83.8 Å². The second-order valence-corrected chi connectivity index (χ2v) is 11.1. The minimum atomic E-state index is -0.766. The summed E-state index contributed by atoms with van der Waals surface area (Å²) < 4.78 is 13.7. The molecule has 1 aromatic heterocycles. The van der Waals surface area contributed by atoms with E-state index < -0.39 is 6.09 Å². The Labute approximate surface area is 223 Å². The van der Waals surface area contributed by atoms with Crippen LogP contribution in [0.3, 0.4) is 0 Å². The Hall–Kier alpha value is -3.62. The van der Waals surface area contributed by atoms with Crippen molar-refractivity contribution in [1.29, 1.82) is 0 Å². The van der Waals surface area contributed by atoms with Gasteiger partial charge in [-0.15, -0.1) is 0 Å². The largest absolute Gasteiger partial charge is 0.514 e. The molecule has 0 radical (unpaired) electrons. The molecule has 0 spiro atoms. The smallest absolute Gasteiger partial charge is 0.435 e. The molecule has 1 fully saturated rings. The van der Waals surface area contributed by atoms with Crippen LogP contribution >= 0.6 is 0 Å². The SMILES string of the molecule is C[C@H]1CN(Cc2ccc(N(C)C(=O)c3cccc(-c4cccc(F)c4)n3)cc2)CC[N+]1(C(=O)O)C(C)(C)C. The molecule has 3 aromatic rings. The Bertz CT molecular complexity index is 1320. The van der Waals surface area contributed by atoms with Gasteiger partial charge >= 0.3 is 6.09 Å². The maximum atomic E-state index is 13.6. The first-order valence-electron chi connectivity index (χ1n) is 12.9. The molecule has 1 saturated heterocycles. The number of piperazine rings is 1. The van der Waals surface area contributed by atoms with Crippen molar-refractivity contribution in [3.63, 3.8) is 0 Å². The van der Waals surface area contributed by atoms with Crippen LogP contribution in [0.2, 0.25) is 0 Å². The van der Waals surface area contributed by atoms with E-state index in [0.717, 1.165) is 11.3 Å². The van der Waals surface area contributed by atoms with Gasteiger partial charge in [0.2, 0.25) is 0 Å². The summed E-state index contributed by atoms with van der Waals surface area (Å²) in [5, 5.41) is 10.1. The van der Waals surface area contributed by atoms with E-state index in [4.69, 9.17) is 0 Å². The molecule has 2 atom stereocenters. The normalized spacial score (nSPS) is 20.2. The maximum Gasteiger partial charge on any atom is 0.514 e. The Morgan fingerprint density at radius 1 is 1.11 bits per heavy atom. The predicted molar refractivity (Wildman–Crippen MR) is 146 cm³/mol. The summed E-state index contributed by atoms with van der Waals surface area (Å²) in [4.78, 5) is 33.7. The number of benzene rings is 2. The number of pyridine rings is 1. The van der Waals surface area contributed by atoms with Crippen LogP contribution in [0.1, 0.15) is 43.7 Å². The molecular weight excluding hydrogens is 483 g/mol. The molecule has 8 heteroatoms. The molecule has 1 aliphatic heterocycles. The highest BCUT2D eigenvalue weighted by Gasteiger charge is 2.54. The van der Waals surface area contributed by atoms with Gasteiger partial charge in [0.25, 0.3) is 5.91 Å². The van der Waals surface area contributed by atoms with Gasteiger partial charge in [0.1, 0.15) is 29.6 Å². The zero-order valence-electron chi connectivity index (χ0n) is 22.7. The van der Waals surface area contributed by atoms with Gasteiger partial charge in [-0.3, -0.25) is 9.69 Å². The standard InChI is InChI=1S/C30H35FN4O3/c1-21-19-34(16-17-35(21,29(37)38)30(2,3)4)20-22-12-14-25(15-13-22)33(5)28(36)27-11-7-10-26(32-27)23-8-6-9-24(31)18-23/h6-15,18,21H,16-17,19-20H2,1-5H3/p+1/t21-,35?/m0/s1. The molecule has 200 valence electrons. The van der Waals surface area contributed by atoms with Crippen molar-refractivity contribution in [2.45, 2.75) is 45.8 Å². The van der Waals surface area contributed by atoms with E-state index in [0.29, 0.717) is 37.4 Å². The first-order chi connectivity index (χ1) is 17.9. The second-order valence-electron chi connectivity index (χ2n) is 11.1. The minimum Gasteiger partial charge on any atom is -0.435 e. The van der Waals surface area contributed by atoms with Crippen LogP contribution in [0.15, 0.2) is 66.7 Å². The van der Waals surface area contributed by atoms with E-state index in [1.807, 2.05) is 52.0 Å². The van der Waals surface area contributed by atoms with Gasteiger partial charge in [0.05, 0.1) is 12.2 Å². The van der Waals surface area contributed by atoms with Crippen LogP contribution in [0.25, 0.3) is 11.3 Å². The van der Waals surface area contributed by atoms with Crippen molar-refractivity contribution in [1.82, 2.24) is 9.88 Å². The van der Waals surface area contributed by atoms with Crippen LogP contribution in [-0.2, 0) is 6.54 Å². The lowest BCUT2D eigenvalue weighted by atomic mass is 9.95. The van der Waals surface area contributed by atoms with Crippen molar-refractivity contribution in [3.8, 4) is 11.3 Å². The average Bonchev–Trinajstić information content (AvgIpc) is 2.87. The van der Waals surface area contributed by atoms with Gasteiger partial charge in [-0.1, -0.05) is 30.3 Å². The number of halogens is 1. The summed E-state index contributed by atoms with van der Waals surface area (Å²) >= 11 is 0. The molecule has 0 aliphatic carbocycles. The summed E-state index contributed by atoms with van der Waals surface area (Å²) in [6.45, 7) is 10.7. The summed E-state index contributed by atoms with van der Waals surface area (Å²) in [5.74, 6) is -0.613. The fourth-order valence-electron chi connectivity index (χ4n) is 5.57. The highest BCUT2D eigenvalue weighted by Crippen LogP contribution is 2.33. The number of hydrogen-bond donors (Lipinski definition) is 1. The third-order valence-corrected chi connectivity index (χ3v) is 7.71. The number of anilines is 1. The highest BCUT2D eigenvalue weighted by atomic mass is 19.1. The topological polar surface area (TPSA) is 73.7 Å². The van der Waals surface area contributed by atoms with Crippen molar-refractivity contribution >= 4 is 17.7 Å². The molecule has 1 N–H and O–H groups in total. The summed E-state index contributed by atoms with van der Waals surface area (Å²) in [6.07, 6.45) is -0.766. The first-order valence-corrected chi connectivity index (χ1v) is 12.9. The zero-order valence-corrected chi connectivity index (χ0v) is 22.7. The lowest BCUT2D eigenvalue weighted by Gasteiger charge is -2.52. The lowest BCUT2D eigenvalue weighted by Crippen LogP contribution is -2.73. The fourth-order valence-corrected chi connectivity index (χ4v) is 5.57. The van der Waals surface area contributed by atoms with Crippen LogP contribution in [0.4, 0.5) is 14.9 Å². The van der Waals surface area contributed by atoms with Gasteiger partial charge < -0.3 is 10.0 Å². The monoisotopic (exact) mass is 519 g/mol. The quantitative estimate of drug-likeness (QED) is 0.440. The first kappa shape index (κ1) is 27.4. The Kier molecular flexibility index (Phi) is 7.67.